The molecule has 1 aliphatic rings. The molecule has 0 aromatic heterocycles. The lowest BCUT2D eigenvalue weighted by Crippen LogP contribution is -2.57. The van der Waals surface area contributed by atoms with E-state index in [0.29, 0.717) is 5.02 Å². The van der Waals surface area contributed by atoms with Gasteiger partial charge in [0.2, 0.25) is 5.91 Å². The third-order valence-electron chi connectivity index (χ3n) is 3.95. The topological polar surface area (TPSA) is 29.5 Å². The van der Waals surface area contributed by atoms with E-state index < -0.39 is 0 Å². The molecule has 2 atom stereocenters. The van der Waals surface area contributed by atoms with Crippen LogP contribution < -0.4 is 9.64 Å². The number of anilines is 1. The van der Waals surface area contributed by atoms with E-state index in [4.69, 9.17) is 16.3 Å². The number of carbonyl (C=O) groups is 1. The normalized spacial score (nSPS) is 20.3. The summed E-state index contributed by atoms with van der Waals surface area (Å²) in [4.78, 5) is 14.4. The standard InChI is InChI=1S/C18H18ClNO2S/c1-3-23-17-16(12-4-10-15(22-2)11-5-12)20(18(17)21)14-8-6-13(19)7-9-14/h4-11,16-17H,3H2,1-2H3/t16-,17+/m1/s1. The predicted octanol–water partition coefficient (Wildman–Crippen LogP) is 4.56. The summed E-state index contributed by atoms with van der Waals surface area (Å²) in [6.45, 7) is 2.08. The van der Waals surface area contributed by atoms with Gasteiger partial charge in [0.1, 0.15) is 11.0 Å². The van der Waals surface area contributed by atoms with E-state index in [-0.39, 0.29) is 17.2 Å². The SMILES string of the molecule is CCS[C@@H]1C(=O)N(c2ccc(Cl)cc2)[C@@H]1c1ccc(OC)cc1. The number of methoxy groups -OCH3 is 1. The molecule has 0 N–H and O–H groups in total. The Labute approximate surface area is 145 Å². The molecule has 1 amide bonds. The van der Waals surface area contributed by atoms with Crippen LogP contribution in [0.1, 0.15) is 18.5 Å². The molecule has 23 heavy (non-hydrogen) atoms. The molecule has 0 spiro atoms. The first-order valence-corrected chi connectivity index (χ1v) is 8.92. The monoisotopic (exact) mass is 347 g/mol. The minimum absolute atomic E-state index is 0.0379. The fraction of sp³-hybridized carbons (Fsp3) is 0.278. The van der Waals surface area contributed by atoms with Gasteiger partial charge in [-0.25, -0.2) is 0 Å². The number of thioether (sulfide) groups is 1. The number of benzene rings is 2. The Morgan fingerprint density at radius 2 is 1.78 bits per heavy atom. The molecule has 1 aliphatic heterocycles. The van der Waals surface area contributed by atoms with Crippen molar-refractivity contribution in [3.8, 4) is 5.75 Å². The Kier molecular flexibility index (Phi) is 4.83. The molecule has 2 aromatic carbocycles. The highest BCUT2D eigenvalue weighted by atomic mass is 35.5. The van der Waals surface area contributed by atoms with Crippen LogP contribution in [0.2, 0.25) is 5.02 Å². The number of nitrogens with zero attached hydrogens (tertiary/aromatic N) is 1. The average Bonchev–Trinajstić information content (AvgIpc) is 2.59. The first kappa shape index (κ1) is 16.2. The molecule has 2 aromatic rings. The quantitative estimate of drug-likeness (QED) is 0.743. The van der Waals surface area contributed by atoms with Gasteiger partial charge in [-0.3, -0.25) is 4.79 Å². The van der Waals surface area contributed by atoms with Crippen molar-refractivity contribution in [2.24, 2.45) is 0 Å². The van der Waals surface area contributed by atoms with Crippen LogP contribution in [-0.2, 0) is 4.79 Å². The molecule has 3 rings (SSSR count). The van der Waals surface area contributed by atoms with Crippen molar-refractivity contribution in [1.82, 2.24) is 0 Å². The van der Waals surface area contributed by atoms with E-state index >= 15 is 0 Å². The highest BCUT2D eigenvalue weighted by molar-refractivity contribution is 8.00. The van der Waals surface area contributed by atoms with Crippen molar-refractivity contribution < 1.29 is 9.53 Å². The van der Waals surface area contributed by atoms with Crippen molar-refractivity contribution in [1.29, 1.82) is 0 Å². The van der Waals surface area contributed by atoms with Crippen molar-refractivity contribution in [3.63, 3.8) is 0 Å². The largest absolute Gasteiger partial charge is 0.497 e. The second-order valence-corrected chi connectivity index (χ2v) is 7.13. The molecule has 1 heterocycles. The highest BCUT2D eigenvalue weighted by Gasteiger charge is 2.48. The van der Waals surface area contributed by atoms with E-state index in [2.05, 4.69) is 6.92 Å². The Bertz CT molecular complexity index is 687. The van der Waals surface area contributed by atoms with Crippen LogP contribution in [0.4, 0.5) is 5.69 Å². The van der Waals surface area contributed by atoms with E-state index in [9.17, 15) is 4.79 Å². The molecular weight excluding hydrogens is 330 g/mol. The minimum atomic E-state index is -0.0379. The number of rotatable bonds is 5. The zero-order valence-electron chi connectivity index (χ0n) is 13.0. The summed E-state index contributed by atoms with van der Waals surface area (Å²) in [6.07, 6.45) is 0. The van der Waals surface area contributed by atoms with Crippen molar-refractivity contribution in [2.75, 3.05) is 17.8 Å². The Balaban J connectivity index is 1.93. The fourth-order valence-electron chi connectivity index (χ4n) is 2.82. The molecule has 0 bridgehead atoms. The van der Waals surface area contributed by atoms with Crippen LogP contribution in [0.25, 0.3) is 0 Å². The number of hydrogen-bond acceptors (Lipinski definition) is 3. The van der Waals surface area contributed by atoms with Gasteiger partial charge in [0.15, 0.2) is 0 Å². The lowest BCUT2D eigenvalue weighted by Gasteiger charge is -2.47. The third kappa shape index (κ3) is 3.06. The zero-order valence-corrected chi connectivity index (χ0v) is 14.6. The zero-order chi connectivity index (χ0) is 16.4. The lowest BCUT2D eigenvalue weighted by atomic mass is 9.92. The van der Waals surface area contributed by atoms with Gasteiger partial charge in [0.05, 0.1) is 13.2 Å². The van der Waals surface area contributed by atoms with Crippen LogP contribution >= 0.6 is 23.4 Å². The number of β-lactam (4-membered cyclic amide) rings is 1. The second-order valence-electron chi connectivity index (χ2n) is 5.28. The summed E-state index contributed by atoms with van der Waals surface area (Å²) in [6, 6.07) is 15.4. The summed E-state index contributed by atoms with van der Waals surface area (Å²) >= 11 is 7.65. The van der Waals surface area contributed by atoms with Gasteiger partial charge in [-0.1, -0.05) is 30.7 Å². The molecule has 1 fully saturated rings. The molecule has 0 saturated carbocycles. The maximum Gasteiger partial charge on any atom is 0.243 e. The molecule has 0 aliphatic carbocycles. The average molecular weight is 348 g/mol. The van der Waals surface area contributed by atoms with Crippen LogP contribution in [0.15, 0.2) is 48.5 Å². The van der Waals surface area contributed by atoms with Gasteiger partial charge in [-0.2, -0.15) is 0 Å². The minimum Gasteiger partial charge on any atom is -0.497 e. The molecule has 3 nitrogen and oxygen atoms in total. The number of halogens is 1. The predicted molar refractivity (Wildman–Crippen MR) is 96.6 cm³/mol. The van der Waals surface area contributed by atoms with Gasteiger partial charge in [0.25, 0.3) is 0 Å². The van der Waals surface area contributed by atoms with E-state index in [1.54, 1.807) is 18.9 Å². The highest BCUT2D eigenvalue weighted by Crippen LogP contribution is 2.45. The molecular formula is C18H18ClNO2S. The van der Waals surface area contributed by atoms with Crippen LogP contribution in [0.5, 0.6) is 5.75 Å². The fourth-order valence-corrected chi connectivity index (χ4v) is 4.02. The van der Waals surface area contributed by atoms with Crippen LogP contribution in [0.3, 0.4) is 0 Å². The lowest BCUT2D eigenvalue weighted by molar-refractivity contribution is -0.123. The van der Waals surface area contributed by atoms with Gasteiger partial charge in [-0.15, -0.1) is 11.8 Å². The molecule has 1 saturated heterocycles. The number of ether oxygens (including phenoxy) is 1. The van der Waals surface area contributed by atoms with Crippen molar-refractivity contribution in [3.05, 3.63) is 59.1 Å². The summed E-state index contributed by atoms with van der Waals surface area (Å²) in [5.41, 5.74) is 2.00. The van der Waals surface area contributed by atoms with Crippen molar-refractivity contribution >= 4 is 35.0 Å². The Hall–Kier alpha value is -1.65. The van der Waals surface area contributed by atoms with Crippen LogP contribution in [0, 0.1) is 0 Å². The molecule has 120 valence electrons. The van der Waals surface area contributed by atoms with Gasteiger partial charge < -0.3 is 9.64 Å². The van der Waals surface area contributed by atoms with Crippen molar-refractivity contribution in [2.45, 2.75) is 18.2 Å². The van der Waals surface area contributed by atoms with Gasteiger partial charge in [0, 0.05) is 10.7 Å². The molecule has 5 heteroatoms. The van der Waals surface area contributed by atoms with Crippen LogP contribution in [-0.4, -0.2) is 24.0 Å². The molecule has 0 unspecified atom stereocenters. The Morgan fingerprint density at radius 3 is 2.35 bits per heavy atom. The van der Waals surface area contributed by atoms with Gasteiger partial charge in [-0.05, 0) is 47.7 Å². The summed E-state index contributed by atoms with van der Waals surface area (Å²) in [5.74, 6) is 1.88. The summed E-state index contributed by atoms with van der Waals surface area (Å²) in [7, 11) is 1.65. The van der Waals surface area contributed by atoms with Gasteiger partial charge >= 0.3 is 0 Å². The van der Waals surface area contributed by atoms with E-state index in [1.165, 1.54) is 0 Å². The second kappa shape index (κ2) is 6.85. The number of hydrogen-bond donors (Lipinski definition) is 0. The third-order valence-corrected chi connectivity index (χ3v) is 5.36. The summed E-state index contributed by atoms with van der Waals surface area (Å²) in [5, 5.41) is 0.631. The van der Waals surface area contributed by atoms with E-state index in [0.717, 1.165) is 22.8 Å². The maximum absolute atomic E-state index is 12.6. The number of carbonyl (C=O) groups excluding carboxylic acids is 1. The first-order chi connectivity index (χ1) is 11.2. The number of amides is 1. The van der Waals surface area contributed by atoms with E-state index in [1.807, 2.05) is 53.4 Å². The summed E-state index contributed by atoms with van der Waals surface area (Å²) < 4.78 is 5.22. The first-order valence-electron chi connectivity index (χ1n) is 7.50. The smallest absolute Gasteiger partial charge is 0.243 e. The maximum atomic E-state index is 12.6. The molecule has 0 radical (unpaired) electrons. The Morgan fingerprint density at radius 1 is 1.13 bits per heavy atom.